The lowest BCUT2D eigenvalue weighted by molar-refractivity contribution is -0.128. The Morgan fingerprint density at radius 1 is 1.25 bits per heavy atom. The molecule has 0 aromatic carbocycles. The smallest absolute Gasteiger partial charge is 0.410 e. The molecule has 3 N–H and O–H groups in total. The van der Waals surface area contributed by atoms with Gasteiger partial charge in [-0.3, -0.25) is 25.3 Å². The van der Waals surface area contributed by atoms with Gasteiger partial charge in [0, 0.05) is 19.8 Å². The van der Waals surface area contributed by atoms with Crippen LogP contribution >= 0.6 is 11.6 Å². The van der Waals surface area contributed by atoms with Gasteiger partial charge in [0.15, 0.2) is 0 Å². The van der Waals surface area contributed by atoms with Crippen molar-refractivity contribution in [3.8, 4) is 0 Å². The first-order chi connectivity index (χ1) is 13.1. The van der Waals surface area contributed by atoms with Gasteiger partial charge in [0.05, 0.1) is 11.3 Å². The lowest BCUT2D eigenvalue weighted by atomic mass is 10.0. The number of anilines is 1. The highest BCUT2D eigenvalue weighted by Crippen LogP contribution is 2.21. The zero-order valence-corrected chi connectivity index (χ0v) is 17.2. The molecule has 2 rings (SSSR count). The Bertz CT molecular complexity index is 750. The molecule has 1 aliphatic heterocycles. The SMILES string of the molecule is CNc1cc(Cl)ncc1C(=O)NNC(=O)C1CCCCN1C(=O)OC(C)(C)C. The summed E-state index contributed by atoms with van der Waals surface area (Å²) in [5.74, 6) is -1.03. The van der Waals surface area contributed by atoms with Gasteiger partial charge in [-0.2, -0.15) is 0 Å². The van der Waals surface area contributed by atoms with Crippen LogP contribution in [0.15, 0.2) is 12.3 Å². The average Bonchev–Trinajstić information content (AvgIpc) is 2.64. The van der Waals surface area contributed by atoms with Crippen LogP contribution in [-0.4, -0.2) is 53.0 Å². The van der Waals surface area contributed by atoms with Crippen LogP contribution in [0.4, 0.5) is 10.5 Å². The van der Waals surface area contributed by atoms with E-state index in [1.165, 1.54) is 17.2 Å². The van der Waals surface area contributed by atoms with Crippen molar-refractivity contribution in [1.82, 2.24) is 20.7 Å². The predicted molar refractivity (Wildman–Crippen MR) is 105 cm³/mol. The molecule has 154 valence electrons. The highest BCUT2D eigenvalue weighted by molar-refractivity contribution is 6.29. The fourth-order valence-electron chi connectivity index (χ4n) is 2.83. The number of hydrogen-bond donors (Lipinski definition) is 3. The molecule has 10 heteroatoms. The van der Waals surface area contributed by atoms with Gasteiger partial charge in [0.25, 0.3) is 11.8 Å². The third-order valence-corrected chi connectivity index (χ3v) is 4.32. The lowest BCUT2D eigenvalue weighted by Crippen LogP contribution is -2.56. The molecule has 1 fully saturated rings. The monoisotopic (exact) mass is 411 g/mol. The standard InChI is InChI=1S/C18H26ClN5O4/c1-18(2,3)28-17(27)24-8-6-5-7-13(24)16(26)23-22-15(25)11-10-21-14(19)9-12(11)20-4/h9-10,13H,5-8H2,1-4H3,(H,20,21)(H,22,25)(H,23,26). The molecule has 1 aliphatic rings. The van der Waals surface area contributed by atoms with E-state index >= 15 is 0 Å². The molecule has 0 radical (unpaired) electrons. The number of hydrazine groups is 1. The molecule has 2 heterocycles. The van der Waals surface area contributed by atoms with E-state index in [9.17, 15) is 14.4 Å². The quantitative estimate of drug-likeness (QED) is 0.519. The van der Waals surface area contributed by atoms with Crippen molar-refractivity contribution >= 4 is 35.2 Å². The highest BCUT2D eigenvalue weighted by atomic mass is 35.5. The maximum Gasteiger partial charge on any atom is 0.410 e. The molecule has 0 bridgehead atoms. The molecule has 1 atom stereocenters. The molecular formula is C18H26ClN5O4. The van der Waals surface area contributed by atoms with Crippen molar-refractivity contribution in [1.29, 1.82) is 0 Å². The van der Waals surface area contributed by atoms with Gasteiger partial charge >= 0.3 is 6.09 Å². The number of pyridine rings is 1. The molecule has 1 saturated heterocycles. The van der Waals surface area contributed by atoms with Gasteiger partial charge in [-0.1, -0.05) is 11.6 Å². The summed E-state index contributed by atoms with van der Waals surface area (Å²) in [7, 11) is 1.64. The van der Waals surface area contributed by atoms with Gasteiger partial charge in [0.2, 0.25) is 0 Å². The van der Waals surface area contributed by atoms with E-state index in [2.05, 4.69) is 21.2 Å². The van der Waals surface area contributed by atoms with E-state index < -0.39 is 29.6 Å². The van der Waals surface area contributed by atoms with Crippen molar-refractivity contribution in [3.05, 3.63) is 23.0 Å². The van der Waals surface area contributed by atoms with Crippen LogP contribution in [0.2, 0.25) is 5.15 Å². The minimum atomic E-state index is -0.712. The molecule has 1 unspecified atom stereocenters. The van der Waals surface area contributed by atoms with Crippen molar-refractivity contribution in [3.63, 3.8) is 0 Å². The van der Waals surface area contributed by atoms with Crippen molar-refractivity contribution in [2.75, 3.05) is 18.9 Å². The Morgan fingerprint density at radius 2 is 1.96 bits per heavy atom. The number of carbonyl (C=O) groups is 3. The van der Waals surface area contributed by atoms with Gasteiger partial charge < -0.3 is 10.1 Å². The number of nitrogens with one attached hydrogen (secondary N) is 3. The predicted octanol–water partition coefficient (Wildman–Crippen LogP) is 2.33. The zero-order valence-electron chi connectivity index (χ0n) is 16.5. The number of amides is 3. The van der Waals surface area contributed by atoms with Crippen molar-refractivity contribution in [2.24, 2.45) is 0 Å². The summed E-state index contributed by atoms with van der Waals surface area (Å²) in [6, 6.07) is 0.792. The van der Waals surface area contributed by atoms with Gasteiger partial charge in [-0.05, 0) is 46.1 Å². The van der Waals surface area contributed by atoms with E-state index in [0.717, 1.165) is 12.8 Å². The van der Waals surface area contributed by atoms with E-state index in [1.807, 2.05) is 0 Å². The van der Waals surface area contributed by atoms with Crippen LogP contribution in [0.5, 0.6) is 0 Å². The Hall–Kier alpha value is -2.55. The Balaban J connectivity index is 2.02. The first kappa shape index (κ1) is 21.7. The average molecular weight is 412 g/mol. The number of nitrogens with zero attached hydrogens (tertiary/aromatic N) is 2. The van der Waals surface area contributed by atoms with E-state index in [1.54, 1.807) is 27.8 Å². The minimum absolute atomic E-state index is 0.222. The Labute approximate surface area is 169 Å². The molecular weight excluding hydrogens is 386 g/mol. The fourth-order valence-corrected chi connectivity index (χ4v) is 2.99. The summed E-state index contributed by atoms with van der Waals surface area (Å²) in [4.78, 5) is 42.7. The van der Waals surface area contributed by atoms with Crippen molar-refractivity contribution < 1.29 is 19.1 Å². The van der Waals surface area contributed by atoms with E-state index in [0.29, 0.717) is 18.7 Å². The van der Waals surface area contributed by atoms with Crippen LogP contribution in [0.3, 0.4) is 0 Å². The second-order valence-electron chi connectivity index (χ2n) is 7.43. The van der Waals surface area contributed by atoms with Gasteiger partial charge in [-0.25, -0.2) is 9.78 Å². The third-order valence-electron chi connectivity index (χ3n) is 4.12. The van der Waals surface area contributed by atoms with Crippen LogP contribution in [-0.2, 0) is 9.53 Å². The zero-order chi connectivity index (χ0) is 20.9. The first-order valence-electron chi connectivity index (χ1n) is 9.05. The van der Waals surface area contributed by atoms with Crippen LogP contribution in [0, 0.1) is 0 Å². The molecule has 0 spiro atoms. The number of likely N-dealkylation sites (tertiary alicyclic amines) is 1. The maximum absolute atomic E-state index is 12.6. The molecule has 28 heavy (non-hydrogen) atoms. The normalized spacial score (nSPS) is 16.9. The van der Waals surface area contributed by atoms with Gasteiger partial charge in [-0.15, -0.1) is 0 Å². The summed E-state index contributed by atoms with van der Waals surface area (Å²) >= 11 is 5.82. The lowest BCUT2D eigenvalue weighted by Gasteiger charge is -2.35. The van der Waals surface area contributed by atoms with Gasteiger partial charge in [0.1, 0.15) is 16.8 Å². The molecule has 0 saturated carbocycles. The van der Waals surface area contributed by atoms with Crippen LogP contribution in [0.1, 0.15) is 50.4 Å². The summed E-state index contributed by atoms with van der Waals surface area (Å²) in [5.41, 5.74) is 4.78. The molecule has 0 aliphatic carbocycles. The second kappa shape index (κ2) is 9.09. The molecule has 9 nitrogen and oxygen atoms in total. The summed E-state index contributed by atoms with van der Waals surface area (Å²) in [6.07, 6.45) is 2.85. The highest BCUT2D eigenvalue weighted by Gasteiger charge is 2.35. The number of halogens is 1. The first-order valence-corrected chi connectivity index (χ1v) is 9.43. The third kappa shape index (κ3) is 5.72. The topological polar surface area (TPSA) is 113 Å². The fraction of sp³-hybridized carbons (Fsp3) is 0.556. The van der Waals surface area contributed by atoms with Crippen molar-refractivity contribution in [2.45, 2.75) is 51.7 Å². The van der Waals surface area contributed by atoms with Crippen LogP contribution in [0.25, 0.3) is 0 Å². The Kier molecular flexibility index (Phi) is 7.06. The number of rotatable bonds is 3. The largest absolute Gasteiger partial charge is 0.444 e. The molecule has 1 aromatic heterocycles. The maximum atomic E-state index is 12.6. The van der Waals surface area contributed by atoms with Crippen LogP contribution < -0.4 is 16.2 Å². The number of carbonyl (C=O) groups excluding carboxylic acids is 3. The summed E-state index contributed by atoms with van der Waals surface area (Å²) < 4.78 is 5.38. The second-order valence-corrected chi connectivity index (χ2v) is 7.82. The number of ether oxygens (including phenoxy) is 1. The summed E-state index contributed by atoms with van der Waals surface area (Å²) in [5, 5.41) is 3.08. The number of aromatic nitrogens is 1. The Morgan fingerprint density at radius 3 is 2.61 bits per heavy atom. The van der Waals surface area contributed by atoms with E-state index in [-0.39, 0.29) is 10.7 Å². The minimum Gasteiger partial charge on any atom is -0.444 e. The number of piperidine rings is 1. The summed E-state index contributed by atoms with van der Waals surface area (Å²) in [6.45, 7) is 5.73. The molecule has 3 amide bonds. The molecule has 1 aromatic rings. The van der Waals surface area contributed by atoms with E-state index in [4.69, 9.17) is 16.3 Å². The number of hydrogen-bond acceptors (Lipinski definition) is 6.